The maximum absolute atomic E-state index is 10.6. The fourth-order valence-electron chi connectivity index (χ4n) is 0.348. The molecule has 0 aliphatic rings. The number of ether oxygens (including phenoxy) is 1. The van der Waals surface area contributed by atoms with Gasteiger partial charge < -0.3 is 4.74 Å². The third-order valence-electron chi connectivity index (χ3n) is 0.761. The van der Waals surface area contributed by atoms with E-state index in [0.29, 0.717) is 0 Å². The number of methoxy groups -OCH3 is 1. The van der Waals surface area contributed by atoms with Gasteiger partial charge in [0.15, 0.2) is 0 Å². The minimum absolute atomic E-state index is 0.0370. The monoisotopic (exact) mass is 157 g/mol. The van der Waals surface area contributed by atoms with Crippen molar-refractivity contribution in [3.8, 4) is 6.07 Å². The minimum Gasteiger partial charge on any atom is -0.465 e. The molecule has 0 heterocycles. The molecule has 0 aliphatic heterocycles. The van der Waals surface area contributed by atoms with Crippen LogP contribution in [0.4, 0.5) is 0 Å². The van der Waals surface area contributed by atoms with Crippen LogP contribution in [0.1, 0.15) is 0 Å². The number of esters is 1. The van der Waals surface area contributed by atoms with Crippen molar-refractivity contribution in [1.82, 2.24) is 0 Å². The molecule has 0 bridgehead atoms. The zero-order valence-corrected chi connectivity index (χ0v) is 6.57. The van der Waals surface area contributed by atoms with Gasteiger partial charge in [-0.1, -0.05) is 0 Å². The summed E-state index contributed by atoms with van der Waals surface area (Å²) in [5.74, 6) is -0.586. The highest BCUT2D eigenvalue weighted by molar-refractivity contribution is 8.01. The Morgan fingerprint density at radius 1 is 1.80 bits per heavy atom. The van der Waals surface area contributed by atoms with Gasteiger partial charge in [-0.25, -0.2) is 4.79 Å². The van der Waals surface area contributed by atoms with Crippen LogP contribution in [0.3, 0.4) is 0 Å². The number of thioether (sulfide) groups is 1. The zero-order chi connectivity index (χ0) is 7.98. The number of carbonyl (C=O) groups is 1. The summed E-state index contributed by atoms with van der Waals surface area (Å²) in [4.78, 5) is 10.6. The molecule has 0 saturated heterocycles. The van der Waals surface area contributed by atoms with E-state index in [0.717, 1.165) is 0 Å². The predicted octanol–water partition coefficient (Wildman–Crippen LogP) is 0.930. The van der Waals surface area contributed by atoms with E-state index < -0.39 is 5.97 Å². The first kappa shape index (κ1) is 9.05. The van der Waals surface area contributed by atoms with Crippen molar-refractivity contribution in [3.05, 3.63) is 11.0 Å². The van der Waals surface area contributed by atoms with Crippen LogP contribution < -0.4 is 0 Å². The van der Waals surface area contributed by atoms with E-state index in [1.54, 1.807) is 12.3 Å². The topological polar surface area (TPSA) is 50.1 Å². The summed E-state index contributed by atoms with van der Waals surface area (Å²) < 4.78 is 4.31. The van der Waals surface area contributed by atoms with E-state index in [9.17, 15) is 4.79 Å². The van der Waals surface area contributed by atoms with Crippen LogP contribution in [0.5, 0.6) is 0 Å². The molecule has 0 atom stereocenters. The molecule has 0 rings (SSSR count). The van der Waals surface area contributed by atoms with Crippen molar-refractivity contribution in [2.24, 2.45) is 0 Å². The highest BCUT2D eigenvalue weighted by Gasteiger charge is 2.06. The van der Waals surface area contributed by atoms with Gasteiger partial charge >= 0.3 is 5.97 Å². The second-order valence-electron chi connectivity index (χ2n) is 1.37. The molecule has 0 fully saturated rings. The SMILES string of the molecule is COC(=O)/C(C#N)=C/SC. The standard InChI is InChI=1S/C6H7NO2S/c1-9-6(8)5(3-7)4-10-2/h4H,1-2H3/b5-4+. The summed E-state index contributed by atoms with van der Waals surface area (Å²) in [6, 6.07) is 1.72. The molecule has 0 aromatic carbocycles. The molecule has 4 heteroatoms. The zero-order valence-electron chi connectivity index (χ0n) is 5.75. The molecule has 3 nitrogen and oxygen atoms in total. The lowest BCUT2D eigenvalue weighted by Crippen LogP contribution is -2.01. The van der Waals surface area contributed by atoms with Crippen molar-refractivity contribution in [3.63, 3.8) is 0 Å². The summed E-state index contributed by atoms with van der Waals surface area (Å²) in [5.41, 5.74) is 0.0370. The second-order valence-corrected chi connectivity index (χ2v) is 2.08. The summed E-state index contributed by atoms with van der Waals surface area (Å²) in [5, 5.41) is 9.78. The Kier molecular flexibility index (Phi) is 4.42. The lowest BCUT2D eigenvalue weighted by Gasteiger charge is -1.92. The van der Waals surface area contributed by atoms with E-state index in [2.05, 4.69) is 4.74 Å². The van der Waals surface area contributed by atoms with Crippen LogP contribution in [0.2, 0.25) is 0 Å². The summed E-state index contributed by atoms with van der Waals surface area (Å²) in [7, 11) is 1.24. The Morgan fingerprint density at radius 3 is 2.70 bits per heavy atom. The van der Waals surface area contributed by atoms with Gasteiger partial charge in [-0.05, 0) is 11.7 Å². The van der Waals surface area contributed by atoms with Crippen LogP contribution in [0.25, 0.3) is 0 Å². The summed E-state index contributed by atoms with van der Waals surface area (Å²) >= 11 is 1.29. The van der Waals surface area contributed by atoms with Crippen LogP contribution in [-0.2, 0) is 9.53 Å². The second kappa shape index (κ2) is 4.89. The molecular formula is C6H7NO2S. The predicted molar refractivity (Wildman–Crippen MR) is 39.2 cm³/mol. The van der Waals surface area contributed by atoms with E-state index >= 15 is 0 Å². The number of hydrogen-bond acceptors (Lipinski definition) is 4. The van der Waals surface area contributed by atoms with Gasteiger partial charge in [0.1, 0.15) is 11.6 Å². The van der Waals surface area contributed by atoms with Gasteiger partial charge in [0.05, 0.1) is 7.11 Å². The lowest BCUT2D eigenvalue weighted by molar-refractivity contribution is -0.135. The van der Waals surface area contributed by atoms with Crippen molar-refractivity contribution in [1.29, 1.82) is 5.26 Å². The normalized spacial score (nSPS) is 10.3. The van der Waals surface area contributed by atoms with Crippen molar-refractivity contribution in [2.45, 2.75) is 0 Å². The molecular weight excluding hydrogens is 150 g/mol. The average molecular weight is 157 g/mol. The van der Waals surface area contributed by atoms with Gasteiger partial charge in [0.2, 0.25) is 0 Å². The molecule has 0 aromatic heterocycles. The molecule has 54 valence electrons. The van der Waals surface area contributed by atoms with Gasteiger partial charge in [0, 0.05) is 0 Å². The smallest absolute Gasteiger partial charge is 0.349 e. The number of rotatable bonds is 2. The maximum atomic E-state index is 10.6. The Bertz CT molecular complexity index is 192. The molecule has 0 amide bonds. The Balaban J connectivity index is 4.25. The van der Waals surface area contributed by atoms with Gasteiger partial charge in [0.25, 0.3) is 0 Å². The molecule has 0 spiro atoms. The Hall–Kier alpha value is -0.950. The molecule has 0 aromatic rings. The number of nitrogens with zero attached hydrogens (tertiary/aromatic N) is 1. The van der Waals surface area contributed by atoms with Gasteiger partial charge in [-0.2, -0.15) is 5.26 Å². The first-order valence-electron chi connectivity index (χ1n) is 2.47. The molecule has 0 saturated carbocycles. The number of nitriles is 1. The lowest BCUT2D eigenvalue weighted by atomic mass is 10.3. The van der Waals surface area contributed by atoms with E-state index in [4.69, 9.17) is 5.26 Å². The largest absolute Gasteiger partial charge is 0.465 e. The van der Waals surface area contributed by atoms with Crippen LogP contribution in [-0.4, -0.2) is 19.3 Å². The fourth-order valence-corrected chi connectivity index (χ4v) is 0.733. The first-order valence-corrected chi connectivity index (χ1v) is 3.76. The fraction of sp³-hybridized carbons (Fsp3) is 0.333. The Labute approximate surface area is 63.7 Å². The van der Waals surface area contributed by atoms with Crippen LogP contribution >= 0.6 is 11.8 Å². The van der Waals surface area contributed by atoms with Crippen LogP contribution in [0.15, 0.2) is 11.0 Å². The molecule has 0 N–H and O–H groups in total. The first-order chi connectivity index (χ1) is 4.76. The van der Waals surface area contributed by atoms with Gasteiger partial charge in [-0.15, -0.1) is 11.8 Å². The Morgan fingerprint density at radius 2 is 2.40 bits per heavy atom. The third kappa shape index (κ3) is 2.55. The molecule has 0 radical (unpaired) electrons. The van der Waals surface area contributed by atoms with E-state index in [1.165, 1.54) is 24.3 Å². The van der Waals surface area contributed by atoms with E-state index in [-0.39, 0.29) is 5.57 Å². The molecule has 0 aliphatic carbocycles. The van der Waals surface area contributed by atoms with Crippen molar-refractivity contribution < 1.29 is 9.53 Å². The summed E-state index contributed by atoms with van der Waals surface area (Å²) in [6.45, 7) is 0. The average Bonchev–Trinajstić information content (AvgIpc) is 1.99. The maximum Gasteiger partial charge on any atom is 0.349 e. The highest BCUT2D eigenvalue weighted by atomic mass is 32.2. The van der Waals surface area contributed by atoms with E-state index in [1.807, 2.05) is 0 Å². The molecule has 10 heavy (non-hydrogen) atoms. The third-order valence-corrected chi connectivity index (χ3v) is 1.23. The summed E-state index contributed by atoms with van der Waals surface area (Å²) in [6.07, 6.45) is 1.76. The molecule has 0 unspecified atom stereocenters. The van der Waals surface area contributed by atoms with Crippen molar-refractivity contribution >= 4 is 17.7 Å². The number of hydrogen-bond donors (Lipinski definition) is 0. The quantitative estimate of drug-likeness (QED) is 0.340. The number of carbonyl (C=O) groups excluding carboxylic acids is 1. The minimum atomic E-state index is -0.586. The highest BCUT2D eigenvalue weighted by Crippen LogP contribution is 2.03. The van der Waals surface area contributed by atoms with Gasteiger partial charge in [-0.3, -0.25) is 0 Å². The van der Waals surface area contributed by atoms with Crippen molar-refractivity contribution in [2.75, 3.05) is 13.4 Å². The van der Waals surface area contributed by atoms with Crippen LogP contribution in [0, 0.1) is 11.3 Å².